The minimum absolute atomic E-state index is 0.0562. The Balaban J connectivity index is 1.38. The molecular weight excluding hydrogens is 364 g/mol. The zero-order valence-corrected chi connectivity index (χ0v) is 18.0. The molecule has 0 unspecified atom stereocenters. The number of piperidine rings is 1. The second-order valence-corrected chi connectivity index (χ2v) is 9.28. The van der Waals surface area contributed by atoms with Gasteiger partial charge in [-0.05, 0) is 57.3 Å². The van der Waals surface area contributed by atoms with Gasteiger partial charge in [0, 0.05) is 43.3 Å². The molecule has 3 atom stereocenters. The first-order valence-electron chi connectivity index (χ1n) is 11.6. The topological polar surface area (TPSA) is 67.3 Å². The Kier molecular flexibility index (Phi) is 6.68. The summed E-state index contributed by atoms with van der Waals surface area (Å²) in [5.74, 6) is 2.69. The highest BCUT2D eigenvalue weighted by Crippen LogP contribution is 2.39. The molecule has 1 amide bonds. The lowest BCUT2D eigenvalue weighted by molar-refractivity contribution is -0.140. The van der Waals surface area contributed by atoms with Crippen molar-refractivity contribution in [3.63, 3.8) is 0 Å². The molecule has 160 valence electrons. The normalized spacial score (nSPS) is 28.3. The summed E-state index contributed by atoms with van der Waals surface area (Å²) >= 11 is 0. The van der Waals surface area contributed by atoms with E-state index in [0.29, 0.717) is 11.8 Å². The summed E-state index contributed by atoms with van der Waals surface area (Å²) in [6.07, 6.45) is 10.1. The number of hydrogen-bond donors (Lipinski definition) is 1. The third-order valence-corrected chi connectivity index (χ3v) is 6.79. The zero-order chi connectivity index (χ0) is 20.2. The summed E-state index contributed by atoms with van der Waals surface area (Å²) in [6.45, 7) is 7.00. The van der Waals surface area contributed by atoms with E-state index in [1.165, 1.54) is 12.8 Å². The summed E-state index contributed by atoms with van der Waals surface area (Å²) in [6, 6.07) is 2.30. The predicted molar refractivity (Wildman–Crippen MR) is 114 cm³/mol. The maximum absolute atomic E-state index is 13.1. The van der Waals surface area contributed by atoms with Crippen molar-refractivity contribution in [3.05, 3.63) is 18.1 Å². The van der Waals surface area contributed by atoms with Gasteiger partial charge in [-0.3, -0.25) is 4.79 Å². The minimum atomic E-state index is 0.0562. The minimum Gasteiger partial charge on any atom is -0.376 e. The van der Waals surface area contributed by atoms with E-state index in [1.54, 1.807) is 6.33 Å². The largest absolute Gasteiger partial charge is 0.376 e. The molecule has 1 saturated heterocycles. The molecular formula is C23H36N4O2. The molecule has 1 aromatic heterocycles. The molecule has 2 heterocycles. The number of anilines is 1. The van der Waals surface area contributed by atoms with Crippen LogP contribution in [0.25, 0.3) is 0 Å². The van der Waals surface area contributed by atoms with Gasteiger partial charge >= 0.3 is 0 Å². The summed E-state index contributed by atoms with van der Waals surface area (Å²) in [4.78, 5) is 24.1. The number of nitrogens with one attached hydrogen (secondary N) is 1. The molecule has 6 heteroatoms. The van der Waals surface area contributed by atoms with Crippen molar-refractivity contribution in [2.75, 3.05) is 25.0 Å². The van der Waals surface area contributed by atoms with E-state index in [4.69, 9.17) is 4.74 Å². The van der Waals surface area contributed by atoms with Gasteiger partial charge in [0.15, 0.2) is 0 Å². The Bertz CT molecular complexity index is 685. The fourth-order valence-corrected chi connectivity index (χ4v) is 4.70. The molecule has 1 aromatic rings. The molecule has 6 nitrogen and oxygen atoms in total. The van der Waals surface area contributed by atoms with Gasteiger partial charge < -0.3 is 15.0 Å². The highest BCUT2D eigenvalue weighted by atomic mass is 16.5. The van der Waals surface area contributed by atoms with Gasteiger partial charge in [0.2, 0.25) is 5.91 Å². The second-order valence-electron chi connectivity index (χ2n) is 9.28. The number of nitrogens with zero attached hydrogens (tertiary/aromatic N) is 3. The van der Waals surface area contributed by atoms with Crippen LogP contribution in [-0.4, -0.2) is 52.6 Å². The van der Waals surface area contributed by atoms with E-state index in [-0.39, 0.29) is 18.1 Å². The van der Waals surface area contributed by atoms with Crippen LogP contribution in [-0.2, 0) is 9.53 Å². The zero-order valence-electron chi connectivity index (χ0n) is 18.0. The molecule has 0 aromatic carbocycles. The molecule has 2 aliphatic carbocycles. The highest BCUT2D eigenvalue weighted by molar-refractivity contribution is 5.79. The quantitative estimate of drug-likeness (QED) is 0.750. The Hall–Kier alpha value is -1.69. The van der Waals surface area contributed by atoms with Crippen LogP contribution < -0.4 is 5.32 Å². The molecule has 4 rings (SSSR count). The van der Waals surface area contributed by atoms with Crippen LogP contribution in [0.3, 0.4) is 0 Å². The lowest BCUT2D eigenvalue weighted by Crippen LogP contribution is -2.48. The molecule has 0 radical (unpaired) electrons. The molecule has 3 fully saturated rings. The number of carbonyl (C=O) groups excluding carboxylic acids is 1. The number of hydrogen-bond acceptors (Lipinski definition) is 5. The van der Waals surface area contributed by atoms with Crippen molar-refractivity contribution >= 4 is 11.7 Å². The van der Waals surface area contributed by atoms with Gasteiger partial charge in [-0.15, -0.1) is 0 Å². The fourth-order valence-electron chi connectivity index (χ4n) is 4.70. The summed E-state index contributed by atoms with van der Waals surface area (Å²) < 4.78 is 6.22. The smallest absolute Gasteiger partial charge is 0.225 e. The van der Waals surface area contributed by atoms with Crippen LogP contribution >= 0.6 is 0 Å². The molecule has 1 aliphatic heterocycles. The number of amides is 1. The van der Waals surface area contributed by atoms with Crippen LogP contribution in [0.4, 0.5) is 5.82 Å². The van der Waals surface area contributed by atoms with Gasteiger partial charge in [-0.1, -0.05) is 13.8 Å². The van der Waals surface area contributed by atoms with E-state index < -0.39 is 0 Å². The molecule has 2 saturated carbocycles. The van der Waals surface area contributed by atoms with Crippen LogP contribution in [0.2, 0.25) is 0 Å². The summed E-state index contributed by atoms with van der Waals surface area (Å²) in [7, 11) is 0. The Morgan fingerprint density at radius 3 is 2.69 bits per heavy atom. The first-order chi connectivity index (χ1) is 14.1. The van der Waals surface area contributed by atoms with Crippen molar-refractivity contribution in [1.29, 1.82) is 0 Å². The van der Waals surface area contributed by atoms with Crippen molar-refractivity contribution in [3.8, 4) is 0 Å². The Morgan fingerprint density at radius 1 is 1.17 bits per heavy atom. The Labute approximate surface area is 174 Å². The van der Waals surface area contributed by atoms with Gasteiger partial charge in [-0.25, -0.2) is 9.97 Å². The predicted octanol–water partition coefficient (Wildman–Crippen LogP) is 3.99. The second kappa shape index (κ2) is 9.41. The molecule has 0 spiro atoms. The summed E-state index contributed by atoms with van der Waals surface area (Å²) in [5.41, 5.74) is 1.15. The van der Waals surface area contributed by atoms with Gasteiger partial charge in [0.25, 0.3) is 0 Å². The average Bonchev–Trinajstić information content (AvgIpc) is 3.59. The molecule has 29 heavy (non-hydrogen) atoms. The highest BCUT2D eigenvalue weighted by Gasteiger charge is 2.37. The van der Waals surface area contributed by atoms with Gasteiger partial charge in [0.05, 0.1) is 12.1 Å². The number of rotatable bonds is 7. The van der Waals surface area contributed by atoms with E-state index in [0.717, 1.165) is 75.7 Å². The number of ether oxygens (including phenoxy) is 1. The van der Waals surface area contributed by atoms with Crippen molar-refractivity contribution in [1.82, 2.24) is 14.9 Å². The molecule has 1 N–H and O–H groups in total. The number of carbonyl (C=O) groups is 1. The third kappa shape index (κ3) is 5.27. The number of aromatic nitrogens is 2. The maximum atomic E-state index is 13.1. The first kappa shape index (κ1) is 20.6. The lowest BCUT2D eigenvalue weighted by Gasteiger charge is -2.39. The SMILES string of the molecule is CCCO[C@@H]1C[C@@H](C(=O)N2CCC(C)CC2)CC[C@H]1Nc1cc(C2CC2)ncn1. The van der Waals surface area contributed by atoms with Crippen LogP contribution in [0.5, 0.6) is 0 Å². The standard InChI is InChI=1S/C23H36N4O2/c1-3-12-29-21-13-18(23(28)27-10-8-16(2)9-11-27)6-7-19(21)26-22-14-20(17-4-5-17)24-15-25-22/h14-19,21H,3-13H2,1-2H3,(H,24,25,26)/t18-,19+,21+/m0/s1. The Morgan fingerprint density at radius 2 is 1.97 bits per heavy atom. The van der Waals surface area contributed by atoms with E-state index >= 15 is 0 Å². The van der Waals surface area contributed by atoms with Crippen molar-refractivity contribution in [2.24, 2.45) is 11.8 Å². The summed E-state index contributed by atoms with van der Waals surface area (Å²) in [5, 5.41) is 3.61. The molecule has 3 aliphatic rings. The van der Waals surface area contributed by atoms with Crippen LogP contribution in [0, 0.1) is 11.8 Å². The van der Waals surface area contributed by atoms with E-state index in [9.17, 15) is 4.79 Å². The third-order valence-electron chi connectivity index (χ3n) is 6.79. The lowest BCUT2D eigenvalue weighted by atomic mass is 9.82. The maximum Gasteiger partial charge on any atom is 0.225 e. The van der Waals surface area contributed by atoms with Crippen LogP contribution in [0.1, 0.15) is 76.8 Å². The first-order valence-corrected chi connectivity index (χ1v) is 11.6. The van der Waals surface area contributed by atoms with E-state index in [1.807, 2.05) is 0 Å². The monoisotopic (exact) mass is 400 g/mol. The fraction of sp³-hybridized carbons (Fsp3) is 0.783. The van der Waals surface area contributed by atoms with Gasteiger partial charge in [0.1, 0.15) is 12.1 Å². The van der Waals surface area contributed by atoms with Crippen molar-refractivity contribution < 1.29 is 9.53 Å². The van der Waals surface area contributed by atoms with E-state index in [2.05, 4.69) is 40.1 Å². The van der Waals surface area contributed by atoms with Gasteiger partial charge in [-0.2, -0.15) is 0 Å². The average molecular weight is 401 g/mol. The van der Waals surface area contributed by atoms with Crippen molar-refractivity contribution in [2.45, 2.75) is 83.3 Å². The molecule has 0 bridgehead atoms. The number of likely N-dealkylation sites (tertiary alicyclic amines) is 1. The van der Waals surface area contributed by atoms with Crippen LogP contribution in [0.15, 0.2) is 12.4 Å².